The molecule has 138 valence electrons. The van der Waals surface area contributed by atoms with Crippen LogP contribution in [0.15, 0.2) is 18.2 Å². The topological polar surface area (TPSA) is 79.5 Å². The third-order valence-electron chi connectivity index (χ3n) is 4.74. The minimum atomic E-state index is -0.480. The number of hydrogen-bond acceptors (Lipinski definition) is 4. The van der Waals surface area contributed by atoms with Crippen LogP contribution in [0.2, 0.25) is 0 Å². The van der Waals surface area contributed by atoms with Crippen LogP contribution < -0.4 is 16.0 Å². The Kier molecular flexibility index (Phi) is 7.10. The molecule has 0 radical (unpaired) electrons. The average Bonchev–Trinajstić information content (AvgIpc) is 2.58. The van der Waals surface area contributed by atoms with E-state index in [4.69, 9.17) is 4.74 Å². The van der Waals surface area contributed by atoms with Crippen LogP contribution in [0.5, 0.6) is 0 Å². The first-order valence-electron chi connectivity index (χ1n) is 9.08. The van der Waals surface area contributed by atoms with E-state index in [9.17, 15) is 9.59 Å². The third kappa shape index (κ3) is 5.66. The maximum absolute atomic E-state index is 12.2. The van der Waals surface area contributed by atoms with Gasteiger partial charge in [-0.05, 0) is 50.3 Å². The van der Waals surface area contributed by atoms with Gasteiger partial charge in [0.05, 0.1) is 13.2 Å². The Labute approximate surface area is 149 Å². The maximum atomic E-state index is 12.2. The van der Waals surface area contributed by atoms with Crippen molar-refractivity contribution in [2.45, 2.75) is 52.5 Å². The zero-order valence-corrected chi connectivity index (χ0v) is 15.4. The summed E-state index contributed by atoms with van der Waals surface area (Å²) < 4.78 is 4.90. The summed E-state index contributed by atoms with van der Waals surface area (Å²) in [5.41, 5.74) is 2.36. The molecule has 2 rings (SSSR count). The minimum Gasteiger partial charge on any atom is -0.450 e. The smallest absolute Gasteiger partial charge is 0.411 e. The Morgan fingerprint density at radius 1 is 1.20 bits per heavy atom. The van der Waals surface area contributed by atoms with Crippen molar-refractivity contribution in [1.29, 1.82) is 0 Å². The van der Waals surface area contributed by atoms with Crippen molar-refractivity contribution >= 4 is 23.4 Å². The Bertz CT molecular complexity index is 604. The molecule has 3 N–H and O–H groups in total. The van der Waals surface area contributed by atoms with Crippen LogP contribution in [0.4, 0.5) is 16.2 Å². The molecule has 1 aromatic rings. The van der Waals surface area contributed by atoms with Crippen molar-refractivity contribution in [2.24, 2.45) is 5.92 Å². The summed E-state index contributed by atoms with van der Waals surface area (Å²) in [6.45, 7) is 6.39. The van der Waals surface area contributed by atoms with E-state index in [-0.39, 0.29) is 18.5 Å². The highest BCUT2D eigenvalue weighted by Crippen LogP contribution is 2.24. The molecule has 6 heteroatoms. The first kappa shape index (κ1) is 19.1. The molecule has 0 aliphatic heterocycles. The van der Waals surface area contributed by atoms with Gasteiger partial charge in [0.25, 0.3) is 0 Å². The van der Waals surface area contributed by atoms with Gasteiger partial charge in [-0.15, -0.1) is 0 Å². The Morgan fingerprint density at radius 2 is 1.92 bits per heavy atom. The van der Waals surface area contributed by atoms with Crippen molar-refractivity contribution in [3.05, 3.63) is 23.8 Å². The van der Waals surface area contributed by atoms with Gasteiger partial charge in [-0.25, -0.2) is 4.79 Å². The van der Waals surface area contributed by atoms with Crippen molar-refractivity contribution in [2.75, 3.05) is 23.8 Å². The minimum absolute atomic E-state index is 0.00176. The highest BCUT2D eigenvalue weighted by molar-refractivity contribution is 5.87. The monoisotopic (exact) mass is 347 g/mol. The normalized spacial score (nSPS) is 19.8. The quantitative estimate of drug-likeness (QED) is 0.733. The summed E-state index contributed by atoms with van der Waals surface area (Å²) in [6.07, 6.45) is 4.20. The van der Waals surface area contributed by atoms with Gasteiger partial charge in [-0.2, -0.15) is 0 Å². The summed E-state index contributed by atoms with van der Waals surface area (Å²) in [5.74, 6) is 0.540. The molecule has 25 heavy (non-hydrogen) atoms. The van der Waals surface area contributed by atoms with E-state index in [2.05, 4.69) is 22.9 Å². The predicted molar refractivity (Wildman–Crippen MR) is 99.9 cm³/mol. The molecule has 0 bridgehead atoms. The second-order valence-corrected chi connectivity index (χ2v) is 6.61. The van der Waals surface area contributed by atoms with Crippen molar-refractivity contribution < 1.29 is 14.3 Å². The van der Waals surface area contributed by atoms with Gasteiger partial charge < -0.3 is 15.4 Å². The van der Waals surface area contributed by atoms with Crippen LogP contribution in [0.25, 0.3) is 0 Å². The highest BCUT2D eigenvalue weighted by atomic mass is 16.5. The number of hydrogen-bond donors (Lipinski definition) is 3. The standard InChI is InChI=1S/C19H29N3O3/c1-4-25-19(24)22-17-11-7-10-16(14(17)3)20-12-18(23)21-15-9-6-5-8-13(15)2/h7,10-11,13,15,20H,4-6,8-9,12H2,1-3H3,(H,21,23)(H,22,24). The van der Waals surface area contributed by atoms with Crippen molar-refractivity contribution in [3.63, 3.8) is 0 Å². The molecular formula is C19H29N3O3. The zero-order valence-electron chi connectivity index (χ0n) is 15.4. The second kappa shape index (κ2) is 9.30. The Morgan fingerprint density at radius 3 is 2.64 bits per heavy atom. The number of rotatable bonds is 6. The van der Waals surface area contributed by atoms with Crippen molar-refractivity contribution in [3.8, 4) is 0 Å². The Balaban J connectivity index is 1.89. The molecule has 0 aromatic heterocycles. The number of nitrogens with one attached hydrogen (secondary N) is 3. The second-order valence-electron chi connectivity index (χ2n) is 6.61. The number of carbonyl (C=O) groups is 2. The van der Waals surface area contributed by atoms with Gasteiger partial charge in [0, 0.05) is 17.4 Å². The molecule has 0 spiro atoms. The van der Waals surface area contributed by atoms with Gasteiger partial charge in [0.2, 0.25) is 5.91 Å². The van der Waals surface area contributed by atoms with E-state index in [1.54, 1.807) is 13.0 Å². The molecule has 0 heterocycles. The third-order valence-corrected chi connectivity index (χ3v) is 4.74. The molecular weight excluding hydrogens is 318 g/mol. The van der Waals surface area contributed by atoms with Crippen LogP contribution in [0.1, 0.15) is 45.1 Å². The van der Waals surface area contributed by atoms with Crippen LogP contribution in [-0.4, -0.2) is 31.2 Å². The van der Waals surface area contributed by atoms with Crippen LogP contribution >= 0.6 is 0 Å². The SMILES string of the molecule is CCOC(=O)Nc1cccc(NCC(=O)NC2CCCCC2C)c1C. The maximum Gasteiger partial charge on any atom is 0.411 e. The number of benzene rings is 1. The van der Waals surface area contributed by atoms with E-state index in [1.165, 1.54) is 19.3 Å². The van der Waals surface area contributed by atoms with Crippen molar-refractivity contribution in [1.82, 2.24) is 5.32 Å². The van der Waals surface area contributed by atoms with Gasteiger partial charge in [0.15, 0.2) is 0 Å². The molecule has 1 saturated carbocycles. The molecule has 6 nitrogen and oxygen atoms in total. The summed E-state index contributed by atoms with van der Waals surface area (Å²) >= 11 is 0. The fourth-order valence-electron chi connectivity index (χ4n) is 3.20. The molecule has 0 saturated heterocycles. The average molecular weight is 347 g/mol. The van der Waals surface area contributed by atoms with Crippen LogP contribution in [-0.2, 0) is 9.53 Å². The molecule has 2 amide bonds. The fourth-order valence-corrected chi connectivity index (χ4v) is 3.20. The molecule has 1 aliphatic carbocycles. The summed E-state index contributed by atoms with van der Waals surface area (Å²) in [4.78, 5) is 23.8. The van der Waals surface area contributed by atoms with Gasteiger partial charge >= 0.3 is 6.09 Å². The lowest BCUT2D eigenvalue weighted by Gasteiger charge is -2.29. The first-order valence-corrected chi connectivity index (χ1v) is 9.08. The largest absolute Gasteiger partial charge is 0.450 e. The molecule has 1 aromatic carbocycles. The van der Waals surface area contributed by atoms with E-state index >= 15 is 0 Å². The van der Waals surface area contributed by atoms with Crippen LogP contribution in [0.3, 0.4) is 0 Å². The molecule has 1 fully saturated rings. The predicted octanol–water partition coefficient (Wildman–Crippen LogP) is 3.67. The fraction of sp³-hybridized carbons (Fsp3) is 0.579. The number of carbonyl (C=O) groups excluding carboxylic acids is 2. The van der Waals surface area contributed by atoms with Crippen LogP contribution in [0, 0.1) is 12.8 Å². The zero-order chi connectivity index (χ0) is 18.2. The van der Waals surface area contributed by atoms with Gasteiger partial charge in [0.1, 0.15) is 0 Å². The van der Waals surface area contributed by atoms with E-state index in [1.807, 2.05) is 19.1 Å². The molecule has 1 aliphatic rings. The van der Waals surface area contributed by atoms with Gasteiger partial charge in [-0.3, -0.25) is 10.1 Å². The number of amides is 2. The van der Waals surface area contributed by atoms with Gasteiger partial charge in [-0.1, -0.05) is 25.8 Å². The lowest BCUT2D eigenvalue weighted by Crippen LogP contribution is -2.43. The van der Waals surface area contributed by atoms with E-state index in [0.717, 1.165) is 17.7 Å². The lowest BCUT2D eigenvalue weighted by molar-refractivity contribution is -0.120. The van der Waals surface area contributed by atoms with E-state index in [0.29, 0.717) is 18.2 Å². The van der Waals surface area contributed by atoms with E-state index < -0.39 is 6.09 Å². The number of anilines is 2. The number of ether oxygens (including phenoxy) is 1. The first-order chi connectivity index (χ1) is 12.0. The molecule has 2 atom stereocenters. The lowest BCUT2D eigenvalue weighted by atomic mass is 9.86. The molecule has 2 unspecified atom stereocenters. The summed E-state index contributed by atoms with van der Waals surface area (Å²) in [7, 11) is 0. The summed E-state index contributed by atoms with van der Waals surface area (Å²) in [5, 5.41) is 9.00. The summed E-state index contributed by atoms with van der Waals surface area (Å²) in [6, 6.07) is 5.81. The highest BCUT2D eigenvalue weighted by Gasteiger charge is 2.22. The Hall–Kier alpha value is -2.24.